The minimum atomic E-state index is -0.549. The van der Waals surface area contributed by atoms with E-state index in [1.54, 1.807) is 0 Å². The summed E-state index contributed by atoms with van der Waals surface area (Å²) in [5.41, 5.74) is 7.91. The third-order valence-corrected chi connectivity index (χ3v) is 3.67. The van der Waals surface area contributed by atoms with Gasteiger partial charge in [-0.25, -0.2) is 0 Å². The lowest BCUT2D eigenvalue weighted by atomic mass is 9.87. The fourth-order valence-electron chi connectivity index (χ4n) is 1.84. The Kier molecular flexibility index (Phi) is 3.69. The second kappa shape index (κ2) is 5.02. The van der Waals surface area contributed by atoms with E-state index >= 15 is 0 Å². The van der Waals surface area contributed by atoms with Crippen LogP contribution in [0.15, 0.2) is 28.8 Å². The molecule has 0 aliphatic heterocycles. The smallest absolute Gasteiger partial charge is 0.257 e. The fraction of sp³-hybridized carbons (Fsp3) is 0.500. The minimum absolute atomic E-state index is 0.135. The van der Waals surface area contributed by atoms with Crippen molar-refractivity contribution >= 4 is 0 Å². The Morgan fingerprint density at radius 1 is 1.10 bits per heavy atom. The summed E-state index contributed by atoms with van der Waals surface area (Å²) >= 11 is 0. The van der Waals surface area contributed by atoms with Gasteiger partial charge in [0.2, 0.25) is 0 Å². The Hall–Kier alpha value is -1.68. The predicted molar refractivity (Wildman–Crippen MR) is 80.3 cm³/mol. The van der Waals surface area contributed by atoms with Crippen LogP contribution < -0.4 is 5.73 Å². The maximum Gasteiger partial charge on any atom is 0.257 e. The van der Waals surface area contributed by atoms with E-state index < -0.39 is 5.54 Å². The molecule has 4 heteroatoms. The second-order valence-electron chi connectivity index (χ2n) is 6.52. The van der Waals surface area contributed by atoms with E-state index in [1.165, 1.54) is 5.56 Å². The van der Waals surface area contributed by atoms with E-state index in [0.717, 1.165) is 12.0 Å². The Labute approximate surface area is 120 Å². The third-order valence-electron chi connectivity index (χ3n) is 3.67. The van der Waals surface area contributed by atoms with E-state index in [4.69, 9.17) is 10.3 Å². The molecule has 20 heavy (non-hydrogen) atoms. The molecular weight excluding hydrogens is 250 g/mol. The van der Waals surface area contributed by atoms with Crippen molar-refractivity contribution in [3.63, 3.8) is 0 Å². The van der Waals surface area contributed by atoms with Crippen molar-refractivity contribution in [1.29, 1.82) is 0 Å². The van der Waals surface area contributed by atoms with Crippen LogP contribution in [0.4, 0.5) is 0 Å². The van der Waals surface area contributed by atoms with Gasteiger partial charge in [-0.15, -0.1) is 0 Å². The molecule has 0 spiro atoms. The first-order valence-corrected chi connectivity index (χ1v) is 6.98. The molecule has 1 atom stereocenters. The molecule has 0 aliphatic carbocycles. The molecular formula is C16H23N3O. The molecule has 1 aromatic heterocycles. The van der Waals surface area contributed by atoms with Crippen LogP contribution in [-0.4, -0.2) is 10.1 Å². The zero-order valence-electron chi connectivity index (χ0n) is 12.9. The standard InChI is InChI=1S/C16H23N3O/c1-6-16(5,17)14-18-13(20-19-14)11-7-9-12(10-8-11)15(2,3)4/h7-10H,6,17H2,1-5H3. The van der Waals surface area contributed by atoms with Crippen LogP contribution in [0.25, 0.3) is 11.5 Å². The molecule has 0 amide bonds. The molecule has 0 fully saturated rings. The van der Waals surface area contributed by atoms with Gasteiger partial charge in [0.15, 0.2) is 5.82 Å². The maximum absolute atomic E-state index is 6.12. The maximum atomic E-state index is 6.12. The number of aromatic nitrogens is 2. The average Bonchev–Trinajstić information content (AvgIpc) is 2.88. The van der Waals surface area contributed by atoms with Gasteiger partial charge < -0.3 is 10.3 Å². The van der Waals surface area contributed by atoms with Crippen molar-refractivity contribution in [3.05, 3.63) is 35.7 Å². The number of benzene rings is 1. The highest BCUT2D eigenvalue weighted by Gasteiger charge is 2.25. The first-order valence-electron chi connectivity index (χ1n) is 6.98. The molecule has 0 radical (unpaired) electrons. The minimum Gasteiger partial charge on any atom is -0.334 e. The predicted octanol–water partition coefficient (Wildman–Crippen LogP) is 3.62. The molecule has 2 N–H and O–H groups in total. The van der Waals surface area contributed by atoms with Crippen molar-refractivity contribution in [3.8, 4) is 11.5 Å². The molecule has 0 saturated heterocycles. The summed E-state index contributed by atoms with van der Waals surface area (Å²) in [5, 5.41) is 4.00. The molecule has 0 aliphatic rings. The van der Waals surface area contributed by atoms with Crippen molar-refractivity contribution in [1.82, 2.24) is 10.1 Å². The van der Waals surface area contributed by atoms with Gasteiger partial charge in [-0.1, -0.05) is 45.0 Å². The first kappa shape index (κ1) is 14.7. The van der Waals surface area contributed by atoms with E-state index in [2.05, 4.69) is 43.0 Å². The zero-order chi connectivity index (χ0) is 15.0. The summed E-state index contributed by atoms with van der Waals surface area (Å²) in [6, 6.07) is 8.22. The van der Waals surface area contributed by atoms with Crippen LogP contribution in [0.5, 0.6) is 0 Å². The summed E-state index contributed by atoms with van der Waals surface area (Å²) in [7, 11) is 0. The van der Waals surface area contributed by atoms with Crippen LogP contribution in [0.3, 0.4) is 0 Å². The lowest BCUT2D eigenvalue weighted by Crippen LogP contribution is -2.33. The number of hydrogen-bond acceptors (Lipinski definition) is 4. The van der Waals surface area contributed by atoms with Gasteiger partial charge in [-0.2, -0.15) is 4.98 Å². The number of hydrogen-bond donors (Lipinski definition) is 1. The lowest BCUT2D eigenvalue weighted by Gasteiger charge is -2.18. The highest BCUT2D eigenvalue weighted by molar-refractivity contribution is 5.53. The van der Waals surface area contributed by atoms with E-state index in [-0.39, 0.29) is 5.41 Å². The van der Waals surface area contributed by atoms with Crippen LogP contribution in [-0.2, 0) is 11.0 Å². The molecule has 1 aromatic carbocycles. The molecule has 0 bridgehead atoms. The summed E-state index contributed by atoms with van der Waals surface area (Å²) in [6.45, 7) is 10.5. The van der Waals surface area contributed by atoms with Gasteiger partial charge in [0, 0.05) is 5.56 Å². The van der Waals surface area contributed by atoms with Crippen LogP contribution in [0, 0.1) is 0 Å². The summed E-state index contributed by atoms with van der Waals surface area (Å²) in [6.07, 6.45) is 0.759. The van der Waals surface area contributed by atoms with Gasteiger partial charge >= 0.3 is 0 Å². The molecule has 1 unspecified atom stereocenters. The van der Waals surface area contributed by atoms with E-state index in [0.29, 0.717) is 11.7 Å². The molecule has 2 rings (SSSR count). The molecule has 1 heterocycles. The van der Waals surface area contributed by atoms with Gasteiger partial charge in [0.25, 0.3) is 5.89 Å². The monoisotopic (exact) mass is 273 g/mol. The molecule has 108 valence electrons. The van der Waals surface area contributed by atoms with Crippen molar-refractivity contribution in [2.75, 3.05) is 0 Å². The summed E-state index contributed by atoms with van der Waals surface area (Å²) < 4.78 is 5.32. The van der Waals surface area contributed by atoms with Gasteiger partial charge in [0.05, 0.1) is 5.54 Å². The fourth-order valence-corrected chi connectivity index (χ4v) is 1.84. The highest BCUT2D eigenvalue weighted by atomic mass is 16.5. The molecule has 2 aromatic rings. The molecule has 4 nitrogen and oxygen atoms in total. The van der Waals surface area contributed by atoms with Crippen LogP contribution in [0.2, 0.25) is 0 Å². The van der Waals surface area contributed by atoms with Gasteiger partial charge in [-0.3, -0.25) is 0 Å². The second-order valence-corrected chi connectivity index (χ2v) is 6.52. The molecule has 0 saturated carbocycles. The van der Waals surface area contributed by atoms with Crippen LogP contribution >= 0.6 is 0 Å². The van der Waals surface area contributed by atoms with E-state index in [9.17, 15) is 0 Å². The Balaban J connectivity index is 2.29. The van der Waals surface area contributed by atoms with Crippen molar-refractivity contribution in [2.45, 2.75) is 52.0 Å². The largest absolute Gasteiger partial charge is 0.334 e. The number of nitrogens with two attached hydrogens (primary N) is 1. The SMILES string of the molecule is CCC(C)(N)c1noc(-c2ccc(C(C)(C)C)cc2)n1. The first-order chi connectivity index (χ1) is 9.24. The van der Waals surface area contributed by atoms with Crippen LogP contribution in [0.1, 0.15) is 52.4 Å². The Morgan fingerprint density at radius 3 is 2.20 bits per heavy atom. The number of nitrogens with zero attached hydrogens (tertiary/aromatic N) is 2. The van der Waals surface area contributed by atoms with Crippen molar-refractivity contribution < 1.29 is 4.52 Å². The van der Waals surface area contributed by atoms with Crippen molar-refractivity contribution in [2.24, 2.45) is 5.73 Å². The highest BCUT2D eigenvalue weighted by Crippen LogP contribution is 2.26. The average molecular weight is 273 g/mol. The lowest BCUT2D eigenvalue weighted by molar-refractivity contribution is 0.379. The Morgan fingerprint density at radius 2 is 1.70 bits per heavy atom. The number of rotatable bonds is 3. The quantitative estimate of drug-likeness (QED) is 0.927. The zero-order valence-corrected chi connectivity index (χ0v) is 12.9. The summed E-state index contributed by atoms with van der Waals surface area (Å²) in [4.78, 5) is 4.41. The summed E-state index contributed by atoms with van der Waals surface area (Å²) in [5.74, 6) is 1.07. The third kappa shape index (κ3) is 2.90. The Bertz CT molecular complexity index is 577. The van der Waals surface area contributed by atoms with E-state index in [1.807, 2.05) is 26.0 Å². The van der Waals surface area contributed by atoms with Gasteiger partial charge in [0.1, 0.15) is 0 Å². The topological polar surface area (TPSA) is 64.9 Å². The van der Waals surface area contributed by atoms with Gasteiger partial charge in [-0.05, 0) is 36.5 Å². The normalized spacial score (nSPS) is 15.1.